The number of nitrogens with zero attached hydrogens (tertiary/aromatic N) is 1. The number of amides is 1. The molecule has 0 saturated heterocycles. The van der Waals surface area contributed by atoms with Gasteiger partial charge in [0.1, 0.15) is 11.6 Å². The quantitative estimate of drug-likeness (QED) is 0.740. The van der Waals surface area contributed by atoms with E-state index in [0.29, 0.717) is 30.2 Å². The summed E-state index contributed by atoms with van der Waals surface area (Å²) in [4.78, 5) is 16.3. The molecule has 1 N–H and O–H groups in total. The minimum absolute atomic E-state index is 0.186. The number of carbonyl (C=O) groups is 1. The normalized spacial score (nSPS) is 10.3. The predicted octanol–water partition coefficient (Wildman–Crippen LogP) is 3.99. The molecule has 1 amide bonds. The van der Waals surface area contributed by atoms with Crippen LogP contribution in [0.2, 0.25) is 0 Å². The predicted molar refractivity (Wildman–Crippen MR) is 93.2 cm³/mol. The number of halogens is 1. The molecule has 0 atom stereocenters. The zero-order valence-electron chi connectivity index (χ0n) is 13.5. The van der Waals surface area contributed by atoms with Crippen LogP contribution < -0.4 is 10.1 Å². The standard InChI is InChI=1S/C20H17FN2O2/c21-17-9-7-15(8-10-17)11-13-23-20(24)16-4-3-5-18(14-16)25-19-6-1-2-12-22-19/h1-10,12,14H,11,13H2,(H,23,24). The molecule has 1 aromatic heterocycles. The lowest BCUT2D eigenvalue weighted by Crippen LogP contribution is -2.25. The molecule has 0 bridgehead atoms. The van der Waals surface area contributed by atoms with E-state index in [4.69, 9.17) is 4.74 Å². The van der Waals surface area contributed by atoms with Gasteiger partial charge in [0.05, 0.1) is 0 Å². The Morgan fingerprint density at radius 3 is 2.64 bits per heavy atom. The van der Waals surface area contributed by atoms with Crippen molar-refractivity contribution in [1.82, 2.24) is 10.3 Å². The lowest BCUT2D eigenvalue weighted by molar-refractivity contribution is 0.0954. The highest BCUT2D eigenvalue weighted by atomic mass is 19.1. The zero-order chi connectivity index (χ0) is 17.5. The lowest BCUT2D eigenvalue weighted by Gasteiger charge is -2.08. The van der Waals surface area contributed by atoms with E-state index >= 15 is 0 Å². The smallest absolute Gasteiger partial charge is 0.251 e. The van der Waals surface area contributed by atoms with Gasteiger partial charge in [-0.25, -0.2) is 9.37 Å². The summed E-state index contributed by atoms with van der Waals surface area (Å²) in [6.07, 6.45) is 2.28. The van der Waals surface area contributed by atoms with Gasteiger partial charge in [0.2, 0.25) is 5.88 Å². The van der Waals surface area contributed by atoms with Crippen LogP contribution in [-0.4, -0.2) is 17.4 Å². The van der Waals surface area contributed by atoms with Gasteiger partial charge in [-0.05, 0) is 48.4 Å². The van der Waals surface area contributed by atoms with Gasteiger partial charge in [-0.15, -0.1) is 0 Å². The summed E-state index contributed by atoms with van der Waals surface area (Å²) in [6, 6.07) is 18.5. The first-order valence-electron chi connectivity index (χ1n) is 7.92. The molecular formula is C20H17FN2O2. The number of rotatable bonds is 6. The Morgan fingerprint density at radius 2 is 1.88 bits per heavy atom. The van der Waals surface area contributed by atoms with Gasteiger partial charge in [0.25, 0.3) is 5.91 Å². The van der Waals surface area contributed by atoms with Crippen LogP contribution in [0.1, 0.15) is 15.9 Å². The molecule has 5 heteroatoms. The molecule has 0 aliphatic carbocycles. The first-order chi connectivity index (χ1) is 12.2. The van der Waals surface area contributed by atoms with Crippen LogP contribution in [-0.2, 0) is 6.42 Å². The molecule has 0 aliphatic heterocycles. The van der Waals surface area contributed by atoms with Crippen molar-refractivity contribution in [3.63, 3.8) is 0 Å². The van der Waals surface area contributed by atoms with E-state index in [-0.39, 0.29) is 11.7 Å². The van der Waals surface area contributed by atoms with Crippen LogP contribution in [0.5, 0.6) is 11.6 Å². The Balaban J connectivity index is 1.56. The lowest BCUT2D eigenvalue weighted by atomic mass is 10.1. The summed E-state index contributed by atoms with van der Waals surface area (Å²) in [5, 5.41) is 2.85. The van der Waals surface area contributed by atoms with Gasteiger partial charge in [-0.2, -0.15) is 0 Å². The van der Waals surface area contributed by atoms with Gasteiger partial charge in [0.15, 0.2) is 0 Å². The van der Waals surface area contributed by atoms with Crippen LogP contribution in [0, 0.1) is 5.82 Å². The molecule has 25 heavy (non-hydrogen) atoms. The minimum Gasteiger partial charge on any atom is -0.439 e. The average Bonchev–Trinajstić information content (AvgIpc) is 2.64. The third kappa shape index (κ3) is 4.88. The highest BCUT2D eigenvalue weighted by Crippen LogP contribution is 2.20. The molecule has 0 unspecified atom stereocenters. The van der Waals surface area contributed by atoms with E-state index in [2.05, 4.69) is 10.3 Å². The van der Waals surface area contributed by atoms with Crippen molar-refractivity contribution < 1.29 is 13.9 Å². The maximum absolute atomic E-state index is 12.9. The third-order valence-electron chi connectivity index (χ3n) is 3.57. The monoisotopic (exact) mass is 336 g/mol. The summed E-state index contributed by atoms with van der Waals surface area (Å²) in [5.41, 5.74) is 1.47. The SMILES string of the molecule is O=C(NCCc1ccc(F)cc1)c1cccc(Oc2ccccn2)c1. The first kappa shape index (κ1) is 16.6. The third-order valence-corrected chi connectivity index (χ3v) is 3.57. The second-order valence-electron chi connectivity index (χ2n) is 5.43. The molecule has 1 heterocycles. The molecule has 126 valence electrons. The molecule has 0 saturated carbocycles. The fraction of sp³-hybridized carbons (Fsp3) is 0.100. The van der Waals surface area contributed by atoms with Crippen molar-refractivity contribution in [1.29, 1.82) is 0 Å². The van der Waals surface area contributed by atoms with Gasteiger partial charge < -0.3 is 10.1 Å². The number of pyridine rings is 1. The first-order valence-corrected chi connectivity index (χ1v) is 7.92. The number of carbonyl (C=O) groups excluding carboxylic acids is 1. The number of nitrogens with one attached hydrogen (secondary N) is 1. The van der Waals surface area contributed by atoms with E-state index in [1.54, 1.807) is 54.7 Å². The fourth-order valence-corrected chi connectivity index (χ4v) is 2.30. The average molecular weight is 336 g/mol. The van der Waals surface area contributed by atoms with Gasteiger partial charge in [-0.1, -0.05) is 24.3 Å². The molecule has 0 fully saturated rings. The summed E-state index contributed by atoms with van der Waals surface area (Å²) in [5.74, 6) is 0.562. The Bertz CT molecular complexity index is 836. The molecular weight excluding hydrogens is 319 g/mol. The summed E-state index contributed by atoms with van der Waals surface area (Å²) in [6.45, 7) is 0.468. The Labute approximate surface area is 145 Å². The van der Waals surface area contributed by atoms with Gasteiger partial charge in [-0.3, -0.25) is 4.79 Å². The zero-order valence-corrected chi connectivity index (χ0v) is 13.5. The van der Waals surface area contributed by atoms with Crippen molar-refractivity contribution in [2.24, 2.45) is 0 Å². The number of ether oxygens (including phenoxy) is 1. The molecule has 0 aliphatic rings. The minimum atomic E-state index is -0.266. The van der Waals surface area contributed by atoms with E-state index in [1.165, 1.54) is 12.1 Å². The van der Waals surface area contributed by atoms with Crippen LogP contribution >= 0.6 is 0 Å². The maximum atomic E-state index is 12.9. The molecule has 3 aromatic rings. The van der Waals surface area contributed by atoms with E-state index in [0.717, 1.165) is 5.56 Å². The maximum Gasteiger partial charge on any atom is 0.251 e. The van der Waals surface area contributed by atoms with E-state index < -0.39 is 0 Å². The number of benzene rings is 2. The Kier molecular flexibility index (Phi) is 5.36. The molecule has 0 spiro atoms. The van der Waals surface area contributed by atoms with Crippen molar-refractivity contribution in [3.05, 3.63) is 89.9 Å². The molecule has 3 rings (SSSR count). The second kappa shape index (κ2) is 8.06. The molecule has 4 nitrogen and oxygen atoms in total. The largest absolute Gasteiger partial charge is 0.439 e. The second-order valence-corrected chi connectivity index (χ2v) is 5.43. The van der Waals surface area contributed by atoms with Gasteiger partial charge in [0, 0.05) is 24.4 Å². The Morgan fingerprint density at radius 1 is 1.04 bits per heavy atom. The van der Waals surface area contributed by atoms with Crippen molar-refractivity contribution >= 4 is 5.91 Å². The molecule has 0 radical (unpaired) electrons. The number of hydrogen-bond acceptors (Lipinski definition) is 3. The highest BCUT2D eigenvalue weighted by molar-refractivity contribution is 5.94. The Hall–Kier alpha value is -3.21. The van der Waals surface area contributed by atoms with Crippen LogP contribution in [0.4, 0.5) is 4.39 Å². The fourth-order valence-electron chi connectivity index (χ4n) is 2.30. The summed E-state index contributed by atoms with van der Waals surface area (Å²) in [7, 11) is 0. The van der Waals surface area contributed by atoms with Crippen LogP contribution in [0.15, 0.2) is 72.9 Å². The van der Waals surface area contributed by atoms with E-state index in [1.807, 2.05) is 6.07 Å². The van der Waals surface area contributed by atoms with Crippen LogP contribution in [0.3, 0.4) is 0 Å². The van der Waals surface area contributed by atoms with Crippen molar-refractivity contribution in [2.75, 3.05) is 6.54 Å². The van der Waals surface area contributed by atoms with Crippen LogP contribution in [0.25, 0.3) is 0 Å². The number of aromatic nitrogens is 1. The van der Waals surface area contributed by atoms with E-state index in [9.17, 15) is 9.18 Å². The number of hydrogen-bond donors (Lipinski definition) is 1. The van der Waals surface area contributed by atoms with Crippen molar-refractivity contribution in [3.8, 4) is 11.6 Å². The topological polar surface area (TPSA) is 51.2 Å². The van der Waals surface area contributed by atoms with Crippen molar-refractivity contribution in [2.45, 2.75) is 6.42 Å². The highest BCUT2D eigenvalue weighted by Gasteiger charge is 2.07. The van der Waals surface area contributed by atoms with Gasteiger partial charge >= 0.3 is 0 Å². The summed E-state index contributed by atoms with van der Waals surface area (Å²) < 4.78 is 18.5. The molecule has 2 aromatic carbocycles. The summed E-state index contributed by atoms with van der Waals surface area (Å²) >= 11 is 0.